The van der Waals surface area contributed by atoms with E-state index in [4.69, 9.17) is 4.74 Å². The van der Waals surface area contributed by atoms with E-state index in [1.165, 1.54) is 18.4 Å². The summed E-state index contributed by atoms with van der Waals surface area (Å²) < 4.78 is 18.8. The van der Waals surface area contributed by atoms with Crippen LogP contribution in [0.1, 0.15) is 23.1 Å². The fourth-order valence-corrected chi connectivity index (χ4v) is 5.15. The smallest absolute Gasteiger partial charge is 0.205 e. The van der Waals surface area contributed by atoms with Crippen molar-refractivity contribution in [1.82, 2.24) is 20.4 Å². The number of carbonyl (C=O) groups excluding carboxylic acids is 1. The van der Waals surface area contributed by atoms with Crippen LogP contribution in [0.15, 0.2) is 42.6 Å². The maximum Gasteiger partial charge on any atom is 0.205 e. The Labute approximate surface area is 201 Å². The zero-order valence-corrected chi connectivity index (χ0v) is 19.6. The molecule has 0 amide bonds. The molecule has 0 radical (unpaired) electrons. The quantitative estimate of drug-likeness (QED) is 0.493. The summed E-state index contributed by atoms with van der Waals surface area (Å²) in [5.41, 5.74) is 1.65. The van der Waals surface area contributed by atoms with Crippen LogP contribution in [-0.2, 0) is 16.0 Å². The van der Waals surface area contributed by atoms with Crippen molar-refractivity contribution in [2.45, 2.75) is 31.2 Å². The Kier molecular flexibility index (Phi) is 6.63. The van der Waals surface area contributed by atoms with Gasteiger partial charge in [0.25, 0.3) is 0 Å². The van der Waals surface area contributed by atoms with Crippen LogP contribution in [0.3, 0.4) is 0 Å². The molecule has 5 rings (SSSR count). The molecule has 2 saturated heterocycles. The number of halogens is 1. The second-order valence-corrected chi connectivity index (χ2v) is 9.58. The lowest BCUT2D eigenvalue weighted by atomic mass is 10.0. The second-order valence-electron chi connectivity index (χ2n) is 8.51. The minimum atomic E-state index is -0.789. The van der Waals surface area contributed by atoms with Gasteiger partial charge in [-0.1, -0.05) is 23.5 Å². The van der Waals surface area contributed by atoms with Crippen LogP contribution in [0, 0.1) is 0 Å². The minimum Gasteiger partial charge on any atom is -0.369 e. The average Bonchev–Trinajstić information content (AvgIpc) is 3.48. The predicted molar refractivity (Wildman–Crippen MR) is 128 cm³/mol. The van der Waals surface area contributed by atoms with Crippen LogP contribution in [0.2, 0.25) is 0 Å². The third-order valence-corrected chi connectivity index (χ3v) is 6.95. The van der Waals surface area contributed by atoms with E-state index < -0.39 is 12.3 Å². The molecule has 0 aliphatic carbocycles. The number of ketones is 1. The fraction of sp³-hybridized carbons (Fsp3) is 0.435. The summed E-state index contributed by atoms with van der Waals surface area (Å²) >= 11 is 1.38. The van der Waals surface area contributed by atoms with E-state index in [-0.39, 0.29) is 18.2 Å². The highest BCUT2D eigenvalue weighted by Crippen LogP contribution is 2.29. The normalized spacial score (nSPS) is 19.2. The van der Waals surface area contributed by atoms with Crippen LogP contribution in [0.25, 0.3) is 0 Å². The Hall–Kier alpha value is -3.18. The van der Waals surface area contributed by atoms with Crippen LogP contribution < -0.4 is 15.1 Å². The van der Waals surface area contributed by atoms with E-state index in [0.717, 1.165) is 36.6 Å². The number of carbonyl (C=O) groups is 1. The number of hydrogen-bond donors (Lipinski definition) is 1. The summed E-state index contributed by atoms with van der Waals surface area (Å²) in [6.07, 6.45) is 1.25. The Morgan fingerprint density at radius 2 is 2.09 bits per heavy atom. The number of Topliss-reactive ketones (excluding diaryl/α,β-unsaturated/α-hetero) is 1. The van der Waals surface area contributed by atoms with Crippen LogP contribution >= 0.6 is 11.3 Å². The van der Waals surface area contributed by atoms with Gasteiger partial charge in [-0.15, -0.1) is 15.3 Å². The fourth-order valence-electron chi connectivity index (χ4n) is 4.32. The zero-order chi connectivity index (χ0) is 23.5. The number of methoxy groups -OCH3 is 1. The number of hydrogen-bond acceptors (Lipinski definition) is 10. The highest BCUT2D eigenvalue weighted by atomic mass is 32.1. The van der Waals surface area contributed by atoms with Crippen molar-refractivity contribution in [3.8, 4) is 0 Å². The van der Waals surface area contributed by atoms with Crippen molar-refractivity contribution in [3.05, 3.63) is 53.2 Å². The lowest BCUT2D eigenvalue weighted by Gasteiger charge is -2.36. The van der Waals surface area contributed by atoms with Gasteiger partial charge in [0.05, 0.1) is 19.5 Å². The first-order chi connectivity index (χ1) is 16.6. The molecule has 2 aromatic heterocycles. The van der Waals surface area contributed by atoms with Crippen LogP contribution in [-0.4, -0.2) is 71.7 Å². The highest BCUT2D eigenvalue weighted by Gasteiger charge is 2.28. The molecule has 2 atom stereocenters. The largest absolute Gasteiger partial charge is 0.369 e. The van der Waals surface area contributed by atoms with Gasteiger partial charge in [0.15, 0.2) is 11.6 Å². The van der Waals surface area contributed by atoms with Gasteiger partial charge in [-0.25, -0.2) is 4.39 Å². The van der Waals surface area contributed by atoms with Crippen molar-refractivity contribution in [1.29, 1.82) is 0 Å². The molecule has 34 heavy (non-hydrogen) atoms. The van der Waals surface area contributed by atoms with Crippen molar-refractivity contribution < 1.29 is 13.9 Å². The summed E-state index contributed by atoms with van der Waals surface area (Å²) in [6.45, 7) is 2.45. The summed E-state index contributed by atoms with van der Waals surface area (Å²) in [7, 11) is 1.52. The number of nitrogens with one attached hydrogen (secondary N) is 1. The molecule has 1 aromatic carbocycles. The monoisotopic (exact) mass is 483 g/mol. The molecule has 0 spiro atoms. The first kappa shape index (κ1) is 22.6. The number of ether oxygens (including phenoxy) is 1. The molecule has 11 heteroatoms. The van der Waals surface area contributed by atoms with E-state index in [0.29, 0.717) is 23.2 Å². The van der Waals surface area contributed by atoms with E-state index >= 15 is 0 Å². The molecule has 2 fully saturated rings. The minimum absolute atomic E-state index is 0.0935. The predicted octanol–water partition coefficient (Wildman–Crippen LogP) is 2.68. The number of anilines is 3. The van der Waals surface area contributed by atoms with E-state index in [1.807, 2.05) is 41.3 Å². The summed E-state index contributed by atoms with van der Waals surface area (Å²) in [4.78, 5) is 17.1. The van der Waals surface area contributed by atoms with Crippen molar-refractivity contribution >= 4 is 33.8 Å². The van der Waals surface area contributed by atoms with Crippen LogP contribution in [0.4, 0.5) is 21.0 Å². The van der Waals surface area contributed by atoms with Crippen LogP contribution in [0.5, 0.6) is 0 Å². The van der Waals surface area contributed by atoms with E-state index in [2.05, 4.69) is 30.6 Å². The Bertz CT molecular complexity index is 1130. The van der Waals surface area contributed by atoms with Gasteiger partial charge in [-0.3, -0.25) is 4.79 Å². The summed E-state index contributed by atoms with van der Waals surface area (Å²) in [5, 5.41) is 21.3. The topological polar surface area (TPSA) is 96.4 Å². The molecule has 2 aliphatic heterocycles. The molecule has 178 valence electrons. The molecule has 0 unspecified atom stereocenters. The lowest BCUT2D eigenvalue weighted by molar-refractivity contribution is -0.128. The van der Waals surface area contributed by atoms with Gasteiger partial charge in [0.1, 0.15) is 17.3 Å². The Balaban J connectivity index is 1.18. The summed E-state index contributed by atoms with van der Waals surface area (Å²) in [6, 6.07) is 11.6. The van der Waals surface area contributed by atoms with Gasteiger partial charge >= 0.3 is 0 Å². The number of rotatable bonds is 9. The summed E-state index contributed by atoms with van der Waals surface area (Å²) in [5.74, 6) is 0.771. The molecule has 3 aromatic rings. The van der Waals surface area contributed by atoms with Gasteiger partial charge in [-0.2, -0.15) is 5.10 Å². The van der Waals surface area contributed by atoms with Crippen molar-refractivity contribution in [2.24, 2.45) is 0 Å². The maximum atomic E-state index is 13.2. The molecular weight excluding hydrogens is 457 g/mol. The SMILES string of the molecule is CO[C@H](C(=O)Cc1nnc(N[C@@H]2CCN(c3cccnn3)C2)s1)c1cccc(N2CC(F)C2)c1. The first-order valence-corrected chi connectivity index (χ1v) is 12.1. The Morgan fingerprint density at radius 1 is 1.21 bits per heavy atom. The Morgan fingerprint density at radius 3 is 2.85 bits per heavy atom. The third-order valence-electron chi connectivity index (χ3n) is 6.09. The van der Waals surface area contributed by atoms with Crippen molar-refractivity contribution in [2.75, 3.05) is 48.4 Å². The van der Waals surface area contributed by atoms with E-state index in [1.54, 1.807) is 6.20 Å². The number of aromatic nitrogens is 4. The molecule has 9 nitrogen and oxygen atoms in total. The molecule has 4 heterocycles. The highest BCUT2D eigenvalue weighted by molar-refractivity contribution is 7.15. The van der Waals surface area contributed by atoms with Gasteiger partial charge in [-0.05, 0) is 36.2 Å². The molecular formula is C23H26FN7O2S. The average molecular weight is 484 g/mol. The third kappa shape index (κ3) is 5.00. The molecule has 1 N–H and O–H groups in total. The second kappa shape index (κ2) is 9.98. The molecule has 0 saturated carbocycles. The number of nitrogens with zero attached hydrogens (tertiary/aromatic N) is 6. The van der Waals surface area contributed by atoms with E-state index in [9.17, 15) is 9.18 Å². The zero-order valence-electron chi connectivity index (χ0n) is 18.8. The maximum absolute atomic E-state index is 13.2. The molecule has 2 aliphatic rings. The van der Waals surface area contributed by atoms with Crippen molar-refractivity contribution in [3.63, 3.8) is 0 Å². The lowest BCUT2D eigenvalue weighted by Crippen LogP contribution is -2.48. The molecule has 0 bridgehead atoms. The standard InChI is InChI=1S/C23H26FN7O2S/c1-33-22(15-4-2-5-18(10-15)31-12-16(24)13-31)19(32)11-21-28-29-23(34-21)26-17-7-9-30(14-17)20-6-3-8-25-27-20/h2-6,8,10,16-17,22H,7,9,11-14H2,1H3,(H,26,29)/t17-,22+/m1/s1. The number of benzene rings is 1. The van der Waals surface area contributed by atoms with Gasteiger partial charge in [0.2, 0.25) is 5.13 Å². The first-order valence-electron chi connectivity index (χ1n) is 11.2. The van der Waals surface area contributed by atoms with Gasteiger partial charge < -0.3 is 19.9 Å². The number of alkyl halides is 1. The van der Waals surface area contributed by atoms with Gasteiger partial charge in [0, 0.05) is 38.1 Å².